The minimum atomic E-state index is -0.925. The van der Waals surface area contributed by atoms with E-state index >= 15 is 0 Å². The Morgan fingerprint density at radius 3 is 2.35 bits per heavy atom. The molecule has 0 aliphatic carbocycles. The van der Waals surface area contributed by atoms with Crippen LogP contribution in [0.4, 0.5) is 5.69 Å². The van der Waals surface area contributed by atoms with Crippen LogP contribution in [0.2, 0.25) is 0 Å². The van der Waals surface area contributed by atoms with Gasteiger partial charge in [0.2, 0.25) is 0 Å². The van der Waals surface area contributed by atoms with E-state index in [1.165, 1.54) is 0 Å². The number of nitrogens with one attached hydrogen (secondary N) is 2. The van der Waals surface area contributed by atoms with Gasteiger partial charge in [0.1, 0.15) is 6.04 Å². The molecule has 0 fully saturated rings. The maximum Gasteiger partial charge on any atom is 0.328 e. The number of carbonyl (C=O) groups is 3. The number of hydrogen-bond donors (Lipinski definition) is 2. The molecule has 0 heterocycles. The molecule has 7 nitrogen and oxygen atoms in total. The zero-order valence-corrected chi connectivity index (χ0v) is 15.0. The van der Waals surface area contributed by atoms with E-state index in [4.69, 9.17) is 15.9 Å². The molecule has 0 saturated heterocycles. The summed E-state index contributed by atoms with van der Waals surface area (Å²) in [5.41, 5.74) is 1.16. The summed E-state index contributed by atoms with van der Waals surface area (Å²) in [6.45, 7) is 4.19. The molecule has 1 atom stereocenters. The zero-order valence-electron chi connectivity index (χ0n) is 15.0. The monoisotopic (exact) mass is 360 g/mol. The fourth-order valence-corrected chi connectivity index (χ4v) is 2.12. The Labute approximate surface area is 153 Å². The predicted octanol–water partition coefficient (Wildman–Crippen LogP) is 1.74. The Morgan fingerprint density at radius 2 is 1.77 bits per heavy atom. The first-order chi connectivity index (χ1) is 12.5. The van der Waals surface area contributed by atoms with Gasteiger partial charge in [-0.25, -0.2) is 4.79 Å². The van der Waals surface area contributed by atoms with Gasteiger partial charge in [-0.15, -0.1) is 6.42 Å². The lowest BCUT2D eigenvalue weighted by atomic mass is 10.1. The molecule has 0 saturated carbocycles. The summed E-state index contributed by atoms with van der Waals surface area (Å²) in [5, 5.41) is 5.59. The third kappa shape index (κ3) is 7.26. The van der Waals surface area contributed by atoms with E-state index in [0.29, 0.717) is 12.1 Å². The van der Waals surface area contributed by atoms with Crippen LogP contribution in [0.3, 0.4) is 0 Å². The standard InChI is InChI=1S/C19H24N2O5/c1-4-13-20-15-9-7-14(8-10-15)18(23)21-16(19(24)26-6-3)11-12-17(22)25-5-2/h1,7-10,16,20H,5-6,11-13H2,2-3H3,(H,21,23)/t16-/m0/s1. The lowest BCUT2D eigenvalue weighted by Gasteiger charge is -2.17. The van der Waals surface area contributed by atoms with E-state index in [9.17, 15) is 14.4 Å². The van der Waals surface area contributed by atoms with Gasteiger partial charge >= 0.3 is 11.9 Å². The second-order valence-corrected chi connectivity index (χ2v) is 5.26. The van der Waals surface area contributed by atoms with Crippen molar-refractivity contribution in [1.29, 1.82) is 0 Å². The van der Waals surface area contributed by atoms with Crippen LogP contribution in [0.15, 0.2) is 24.3 Å². The van der Waals surface area contributed by atoms with Gasteiger partial charge in [0.05, 0.1) is 19.8 Å². The number of terminal acetylenes is 1. The highest BCUT2D eigenvalue weighted by Gasteiger charge is 2.23. The molecular weight excluding hydrogens is 336 g/mol. The number of rotatable bonds is 10. The van der Waals surface area contributed by atoms with Crippen LogP contribution < -0.4 is 10.6 Å². The molecular formula is C19H24N2O5. The Balaban J connectivity index is 2.72. The zero-order chi connectivity index (χ0) is 19.4. The van der Waals surface area contributed by atoms with Crippen LogP contribution in [0.5, 0.6) is 0 Å². The maximum atomic E-state index is 12.4. The summed E-state index contributed by atoms with van der Waals surface area (Å²) < 4.78 is 9.80. The highest BCUT2D eigenvalue weighted by Crippen LogP contribution is 2.10. The van der Waals surface area contributed by atoms with Gasteiger partial charge in [-0.1, -0.05) is 5.92 Å². The molecule has 0 aromatic heterocycles. The van der Waals surface area contributed by atoms with E-state index < -0.39 is 23.9 Å². The molecule has 0 aliphatic heterocycles. The maximum absolute atomic E-state index is 12.4. The van der Waals surface area contributed by atoms with Crippen LogP contribution in [-0.2, 0) is 19.1 Å². The third-order valence-electron chi connectivity index (χ3n) is 3.36. The molecule has 1 aromatic rings. The molecule has 0 unspecified atom stereocenters. The number of ether oxygens (including phenoxy) is 2. The summed E-state index contributed by atoms with van der Waals surface area (Å²) in [6, 6.07) is 5.73. The topological polar surface area (TPSA) is 93.7 Å². The van der Waals surface area contributed by atoms with E-state index in [0.717, 1.165) is 5.69 Å². The lowest BCUT2D eigenvalue weighted by molar-refractivity contribution is -0.146. The number of benzene rings is 1. The van der Waals surface area contributed by atoms with Crippen LogP contribution in [0, 0.1) is 12.3 Å². The van der Waals surface area contributed by atoms with Crippen molar-refractivity contribution in [3.63, 3.8) is 0 Å². The first-order valence-corrected chi connectivity index (χ1v) is 8.42. The molecule has 0 aliphatic rings. The number of hydrogen-bond acceptors (Lipinski definition) is 6. The van der Waals surface area contributed by atoms with Crippen molar-refractivity contribution in [2.24, 2.45) is 0 Å². The summed E-state index contributed by atoms with van der Waals surface area (Å²) in [7, 11) is 0. The van der Waals surface area contributed by atoms with Crippen molar-refractivity contribution in [3.8, 4) is 12.3 Å². The van der Waals surface area contributed by atoms with Crippen LogP contribution in [-0.4, -0.2) is 43.6 Å². The van der Waals surface area contributed by atoms with Gasteiger partial charge in [0.15, 0.2) is 0 Å². The van der Waals surface area contributed by atoms with Gasteiger partial charge in [-0.05, 0) is 44.5 Å². The molecule has 2 N–H and O–H groups in total. The fraction of sp³-hybridized carbons (Fsp3) is 0.421. The summed E-state index contributed by atoms with van der Waals surface area (Å²) in [5.74, 6) is 1.01. The van der Waals surface area contributed by atoms with Crippen LogP contribution in [0.1, 0.15) is 37.0 Å². The Hall–Kier alpha value is -3.01. The van der Waals surface area contributed by atoms with Gasteiger partial charge in [0.25, 0.3) is 5.91 Å². The summed E-state index contributed by atoms with van der Waals surface area (Å²) in [4.78, 5) is 35.9. The van der Waals surface area contributed by atoms with Gasteiger partial charge in [-0.3, -0.25) is 9.59 Å². The van der Waals surface area contributed by atoms with Crippen molar-refractivity contribution in [1.82, 2.24) is 5.32 Å². The molecule has 0 radical (unpaired) electrons. The molecule has 140 valence electrons. The van der Waals surface area contributed by atoms with Crippen molar-refractivity contribution >= 4 is 23.5 Å². The fourth-order valence-electron chi connectivity index (χ4n) is 2.12. The first-order valence-electron chi connectivity index (χ1n) is 8.42. The van der Waals surface area contributed by atoms with Crippen molar-refractivity contribution in [3.05, 3.63) is 29.8 Å². The molecule has 0 spiro atoms. The Morgan fingerprint density at radius 1 is 1.12 bits per heavy atom. The number of carbonyl (C=O) groups excluding carboxylic acids is 3. The molecule has 0 bridgehead atoms. The van der Waals surface area contributed by atoms with E-state index in [2.05, 4.69) is 16.6 Å². The van der Waals surface area contributed by atoms with E-state index in [1.54, 1.807) is 38.1 Å². The average molecular weight is 360 g/mol. The average Bonchev–Trinajstić information content (AvgIpc) is 2.64. The second kappa shape index (κ2) is 11.5. The number of esters is 2. The number of amides is 1. The highest BCUT2D eigenvalue weighted by atomic mass is 16.5. The third-order valence-corrected chi connectivity index (χ3v) is 3.36. The normalized spacial score (nSPS) is 11.0. The highest BCUT2D eigenvalue weighted by molar-refractivity contribution is 5.97. The summed E-state index contributed by atoms with van der Waals surface area (Å²) in [6.07, 6.45) is 5.29. The summed E-state index contributed by atoms with van der Waals surface area (Å²) >= 11 is 0. The molecule has 7 heteroatoms. The number of anilines is 1. The minimum absolute atomic E-state index is 0.00650. The van der Waals surface area contributed by atoms with Crippen LogP contribution >= 0.6 is 0 Å². The molecule has 26 heavy (non-hydrogen) atoms. The predicted molar refractivity (Wildman–Crippen MR) is 97.5 cm³/mol. The van der Waals surface area contributed by atoms with E-state index in [-0.39, 0.29) is 26.1 Å². The SMILES string of the molecule is C#CCNc1ccc(C(=O)N[C@@H](CCC(=O)OCC)C(=O)OCC)cc1. The van der Waals surface area contributed by atoms with Crippen molar-refractivity contribution < 1.29 is 23.9 Å². The smallest absolute Gasteiger partial charge is 0.328 e. The lowest BCUT2D eigenvalue weighted by Crippen LogP contribution is -2.42. The minimum Gasteiger partial charge on any atom is -0.466 e. The van der Waals surface area contributed by atoms with Crippen molar-refractivity contribution in [2.45, 2.75) is 32.7 Å². The van der Waals surface area contributed by atoms with Crippen LogP contribution in [0.25, 0.3) is 0 Å². The van der Waals surface area contributed by atoms with Crippen molar-refractivity contribution in [2.75, 3.05) is 25.1 Å². The van der Waals surface area contributed by atoms with E-state index in [1.807, 2.05) is 0 Å². The second-order valence-electron chi connectivity index (χ2n) is 5.26. The largest absolute Gasteiger partial charge is 0.466 e. The molecule has 1 amide bonds. The Kier molecular flexibility index (Phi) is 9.33. The van der Waals surface area contributed by atoms with Gasteiger partial charge < -0.3 is 20.1 Å². The Bertz CT molecular complexity index is 649. The van der Waals surface area contributed by atoms with Gasteiger partial charge in [-0.2, -0.15) is 0 Å². The quantitative estimate of drug-likeness (QED) is 0.488. The first kappa shape index (κ1) is 21.0. The van der Waals surface area contributed by atoms with Gasteiger partial charge in [0, 0.05) is 17.7 Å². The molecule has 1 aromatic carbocycles. The molecule has 1 rings (SSSR count).